The number of benzene rings is 1. The molecule has 116 valence electrons. The Morgan fingerprint density at radius 3 is 2.86 bits per heavy atom. The summed E-state index contributed by atoms with van der Waals surface area (Å²) in [7, 11) is 0. The lowest BCUT2D eigenvalue weighted by atomic mass is 9.70. The van der Waals surface area contributed by atoms with Gasteiger partial charge in [0, 0.05) is 22.3 Å². The highest BCUT2D eigenvalue weighted by molar-refractivity contribution is 5.95. The number of rotatable bonds is 1. The van der Waals surface area contributed by atoms with Gasteiger partial charge in [0.05, 0.1) is 5.52 Å². The Hall–Kier alpha value is -1.54. The number of nitrogen functional groups attached to an aromatic ring is 1. The summed E-state index contributed by atoms with van der Waals surface area (Å²) in [4.78, 5) is 4.96. The van der Waals surface area contributed by atoms with Crippen molar-refractivity contribution < 1.29 is 0 Å². The van der Waals surface area contributed by atoms with Crippen LogP contribution in [0.25, 0.3) is 10.9 Å². The zero-order chi connectivity index (χ0) is 14.6. The first kappa shape index (κ1) is 15.4. The molecule has 0 saturated heterocycles. The first-order chi connectivity index (χ1) is 10.2. The lowest BCUT2D eigenvalue weighted by Crippen LogP contribution is -2.24. The normalized spacial score (nSPS) is 22.7. The van der Waals surface area contributed by atoms with Crippen LogP contribution in [0.4, 0.5) is 5.69 Å². The van der Waals surface area contributed by atoms with E-state index in [9.17, 15) is 0 Å². The van der Waals surface area contributed by atoms with Crippen LogP contribution >= 0.6 is 12.4 Å². The van der Waals surface area contributed by atoms with Gasteiger partial charge in [-0.05, 0) is 56.1 Å². The number of anilines is 1. The quantitative estimate of drug-likeness (QED) is 0.758. The number of hydrogen-bond acceptors (Lipinski definition) is 2. The van der Waals surface area contributed by atoms with E-state index < -0.39 is 0 Å². The second-order valence-corrected chi connectivity index (χ2v) is 6.63. The fourth-order valence-electron chi connectivity index (χ4n) is 4.31. The second-order valence-electron chi connectivity index (χ2n) is 6.63. The number of halogens is 1. The number of fused-ring (bicyclic) bond motifs is 5. The van der Waals surface area contributed by atoms with Crippen LogP contribution in [0.1, 0.15) is 48.9 Å². The van der Waals surface area contributed by atoms with E-state index in [1.54, 1.807) is 5.57 Å². The summed E-state index contributed by atoms with van der Waals surface area (Å²) in [5.74, 6) is 1.25. The first-order valence-corrected chi connectivity index (χ1v) is 8.04. The summed E-state index contributed by atoms with van der Waals surface area (Å²) in [5, 5.41) is 1.17. The van der Waals surface area contributed by atoms with E-state index in [1.807, 2.05) is 0 Å². The Labute approximate surface area is 138 Å². The van der Waals surface area contributed by atoms with Crippen molar-refractivity contribution in [1.29, 1.82) is 0 Å². The van der Waals surface area contributed by atoms with Gasteiger partial charge in [0.1, 0.15) is 0 Å². The van der Waals surface area contributed by atoms with Gasteiger partial charge in [-0.15, -0.1) is 12.4 Å². The highest BCUT2D eigenvalue weighted by atomic mass is 35.5. The Bertz CT molecular complexity index is 764. The Morgan fingerprint density at radius 2 is 2.09 bits per heavy atom. The van der Waals surface area contributed by atoms with Crippen molar-refractivity contribution >= 4 is 29.0 Å². The molecular formula is C19H23ClN2. The van der Waals surface area contributed by atoms with Crippen LogP contribution in [0, 0.1) is 12.8 Å². The summed E-state index contributed by atoms with van der Waals surface area (Å²) in [6.07, 6.45) is 7.15. The number of allylic oxidation sites excluding steroid dienone is 2. The average Bonchev–Trinajstić information content (AvgIpc) is 2.46. The molecular weight excluding hydrogens is 292 g/mol. The van der Waals surface area contributed by atoms with E-state index in [0.29, 0.717) is 11.8 Å². The van der Waals surface area contributed by atoms with Gasteiger partial charge < -0.3 is 5.73 Å². The Balaban J connectivity index is 0.00000144. The smallest absolute Gasteiger partial charge is 0.0728 e. The molecule has 2 aromatic rings. The fourth-order valence-corrected chi connectivity index (χ4v) is 4.31. The van der Waals surface area contributed by atoms with Crippen molar-refractivity contribution in [2.75, 3.05) is 5.73 Å². The molecule has 1 aromatic carbocycles. The summed E-state index contributed by atoms with van der Waals surface area (Å²) >= 11 is 0. The van der Waals surface area contributed by atoms with E-state index >= 15 is 0 Å². The van der Waals surface area contributed by atoms with E-state index in [-0.39, 0.29) is 12.4 Å². The minimum absolute atomic E-state index is 0. The molecule has 4 rings (SSSR count). The Morgan fingerprint density at radius 1 is 1.27 bits per heavy atom. The molecule has 0 fully saturated rings. The second kappa shape index (κ2) is 5.58. The molecule has 0 amide bonds. The van der Waals surface area contributed by atoms with Gasteiger partial charge in [-0.2, -0.15) is 0 Å². The zero-order valence-corrected chi connectivity index (χ0v) is 14.0. The number of nitrogens with zero attached hydrogens (tertiary/aromatic N) is 1. The third-order valence-electron chi connectivity index (χ3n) is 5.26. The van der Waals surface area contributed by atoms with Crippen LogP contribution in [0.15, 0.2) is 29.8 Å². The maximum absolute atomic E-state index is 6.60. The van der Waals surface area contributed by atoms with Crippen molar-refractivity contribution in [3.63, 3.8) is 0 Å². The summed E-state index contributed by atoms with van der Waals surface area (Å²) in [6, 6.07) is 6.31. The van der Waals surface area contributed by atoms with Crippen LogP contribution in [0.5, 0.6) is 0 Å². The predicted octanol–water partition coefficient (Wildman–Crippen LogP) is 4.93. The predicted molar refractivity (Wildman–Crippen MR) is 95.7 cm³/mol. The summed E-state index contributed by atoms with van der Waals surface area (Å²) < 4.78 is 0. The highest BCUT2D eigenvalue weighted by Crippen LogP contribution is 2.47. The molecule has 2 unspecified atom stereocenters. The zero-order valence-electron chi connectivity index (χ0n) is 13.2. The maximum atomic E-state index is 6.60. The van der Waals surface area contributed by atoms with Crippen LogP contribution in [0.3, 0.4) is 0 Å². The molecule has 2 nitrogen and oxygen atoms in total. The molecule has 22 heavy (non-hydrogen) atoms. The molecule has 2 bridgehead atoms. The van der Waals surface area contributed by atoms with E-state index in [4.69, 9.17) is 10.7 Å². The number of hydrogen-bond donors (Lipinski definition) is 1. The Kier molecular flexibility index (Phi) is 3.90. The third kappa shape index (κ3) is 2.21. The fraction of sp³-hybridized carbons (Fsp3) is 0.421. The largest absolute Gasteiger partial charge is 0.398 e. The number of nitrogens with two attached hydrogens (primary N) is 1. The molecule has 2 aliphatic carbocycles. The SMILES string of the molecule is CCC1=CC2Cc3nc4cccc(C)c4c(N)c3C(C1)C2.Cl. The van der Waals surface area contributed by atoms with Gasteiger partial charge >= 0.3 is 0 Å². The molecule has 2 aliphatic rings. The average molecular weight is 315 g/mol. The molecule has 1 aromatic heterocycles. The minimum Gasteiger partial charge on any atom is -0.398 e. The van der Waals surface area contributed by atoms with Gasteiger partial charge in [0.2, 0.25) is 0 Å². The monoisotopic (exact) mass is 314 g/mol. The molecule has 0 saturated carbocycles. The van der Waals surface area contributed by atoms with Crippen molar-refractivity contribution in [3.8, 4) is 0 Å². The standard InChI is InChI=1S/C19H22N2.ClH/c1-3-12-7-13-9-14(8-12)18-16(10-13)21-15-6-4-5-11(2)17(15)19(18)20;/h4-7,13-14H,3,8-10H2,1-2H3,(H2,20,21);1H. The summed E-state index contributed by atoms with van der Waals surface area (Å²) in [5.41, 5.74) is 14.1. The van der Waals surface area contributed by atoms with Gasteiger partial charge in [-0.3, -0.25) is 4.98 Å². The molecule has 2 N–H and O–H groups in total. The molecule has 3 heteroatoms. The lowest BCUT2D eigenvalue weighted by molar-refractivity contribution is 0.429. The van der Waals surface area contributed by atoms with E-state index in [2.05, 4.69) is 38.1 Å². The van der Waals surface area contributed by atoms with Gasteiger partial charge in [0.25, 0.3) is 0 Å². The van der Waals surface area contributed by atoms with Crippen LogP contribution < -0.4 is 5.73 Å². The molecule has 0 aliphatic heterocycles. The lowest BCUT2D eigenvalue weighted by Gasteiger charge is -2.36. The van der Waals surface area contributed by atoms with E-state index in [0.717, 1.165) is 17.6 Å². The van der Waals surface area contributed by atoms with Crippen LogP contribution in [0.2, 0.25) is 0 Å². The van der Waals surface area contributed by atoms with Crippen molar-refractivity contribution in [3.05, 3.63) is 46.7 Å². The molecule has 0 radical (unpaired) electrons. The summed E-state index contributed by atoms with van der Waals surface area (Å²) in [6.45, 7) is 4.40. The third-order valence-corrected chi connectivity index (χ3v) is 5.26. The van der Waals surface area contributed by atoms with Gasteiger partial charge in [0.15, 0.2) is 0 Å². The first-order valence-electron chi connectivity index (χ1n) is 8.04. The van der Waals surface area contributed by atoms with Crippen molar-refractivity contribution in [2.24, 2.45) is 5.92 Å². The minimum atomic E-state index is 0. The number of aromatic nitrogens is 1. The highest BCUT2D eigenvalue weighted by Gasteiger charge is 2.33. The number of aryl methyl sites for hydroxylation is 1. The van der Waals surface area contributed by atoms with Gasteiger partial charge in [-0.25, -0.2) is 0 Å². The van der Waals surface area contributed by atoms with Crippen LogP contribution in [-0.4, -0.2) is 4.98 Å². The molecule has 2 atom stereocenters. The molecule has 0 spiro atoms. The van der Waals surface area contributed by atoms with Gasteiger partial charge in [-0.1, -0.05) is 30.7 Å². The van der Waals surface area contributed by atoms with Crippen LogP contribution in [-0.2, 0) is 6.42 Å². The number of pyridine rings is 1. The van der Waals surface area contributed by atoms with E-state index in [1.165, 1.54) is 41.5 Å². The van der Waals surface area contributed by atoms with Crippen molar-refractivity contribution in [1.82, 2.24) is 4.98 Å². The molecule has 1 heterocycles. The maximum Gasteiger partial charge on any atom is 0.0728 e. The van der Waals surface area contributed by atoms with Crippen molar-refractivity contribution in [2.45, 2.75) is 45.4 Å². The topological polar surface area (TPSA) is 38.9 Å².